The summed E-state index contributed by atoms with van der Waals surface area (Å²) >= 11 is 0. The van der Waals surface area contributed by atoms with Crippen LogP contribution in [0, 0.1) is 6.92 Å². The van der Waals surface area contributed by atoms with Gasteiger partial charge >= 0.3 is 11.8 Å². The van der Waals surface area contributed by atoms with Gasteiger partial charge in [0, 0.05) is 65.0 Å². The van der Waals surface area contributed by atoms with Crippen molar-refractivity contribution in [2.45, 2.75) is 13.8 Å². The first-order chi connectivity index (χ1) is 12.5. The van der Waals surface area contributed by atoms with Gasteiger partial charge in [-0.2, -0.15) is 0 Å². The van der Waals surface area contributed by atoms with Crippen molar-refractivity contribution in [1.82, 2.24) is 14.7 Å². The highest BCUT2D eigenvalue weighted by Crippen LogP contribution is 2.18. The summed E-state index contributed by atoms with van der Waals surface area (Å²) in [5.74, 6) is -0.863. The SMILES string of the molecule is CC(=O)N1CCN(C(=O)C(=O)N2CCN(c3cccc(C)c3)CC2)CC1. The number of anilines is 1. The molecule has 0 atom stereocenters. The van der Waals surface area contributed by atoms with E-state index in [1.54, 1.807) is 14.7 Å². The molecule has 140 valence electrons. The van der Waals surface area contributed by atoms with Gasteiger partial charge in [0.2, 0.25) is 5.91 Å². The Balaban J connectivity index is 1.52. The van der Waals surface area contributed by atoms with E-state index in [0.717, 1.165) is 18.8 Å². The summed E-state index contributed by atoms with van der Waals surface area (Å²) in [6, 6.07) is 8.31. The zero-order valence-electron chi connectivity index (χ0n) is 15.5. The summed E-state index contributed by atoms with van der Waals surface area (Å²) in [5, 5.41) is 0. The number of nitrogens with zero attached hydrogens (tertiary/aromatic N) is 4. The Morgan fingerprint density at radius 1 is 0.769 bits per heavy atom. The third kappa shape index (κ3) is 3.98. The van der Waals surface area contributed by atoms with Crippen molar-refractivity contribution in [1.29, 1.82) is 0 Å². The van der Waals surface area contributed by atoms with Gasteiger partial charge in [-0.25, -0.2) is 0 Å². The Labute approximate surface area is 154 Å². The molecule has 1 aromatic rings. The summed E-state index contributed by atoms with van der Waals surface area (Å²) in [5.41, 5.74) is 2.37. The van der Waals surface area contributed by atoms with Gasteiger partial charge in [-0.05, 0) is 24.6 Å². The molecule has 2 saturated heterocycles. The number of carbonyl (C=O) groups excluding carboxylic acids is 3. The highest BCUT2D eigenvalue weighted by Gasteiger charge is 2.31. The Kier molecular flexibility index (Phi) is 5.44. The second-order valence-electron chi connectivity index (χ2n) is 6.92. The van der Waals surface area contributed by atoms with E-state index in [9.17, 15) is 14.4 Å². The van der Waals surface area contributed by atoms with Crippen molar-refractivity contribution in [3.05, 3.63) is 29.8 Å². The second kappa shape index (κ2) is 7.76. The number of hydrogen-bond donors (Lipinski definition) is 0. The monoisotopic (exact) mass is 358 g/mol. The van der Waals surface area contributed by atoms with Crippen LogP contribution in [0.5, 0.6) is 0 Å². The van der Waals surface area contributed by atoms with Crippen molar-refractivity contribution in [2.24, 2.45) is 0 Å². The lowest BCUT2D eigenvalue weighted by molar-refractivity contribution is -0.153. The molecule has 0 bridgehead atoms. The number of rotatable bonds is 1. The predicted octanol–water partition coefficient (Wildman–Crippen LogP) is 0.334. The van der Waals surface area contributed by atoms with Crippen LogP contribution in [0.2, 0.25) is 0 Å². The third-order valence-corrected chi connectivity index (χ3v) is 5.13. The lowest BCUT2D eigenvalue weighted by Gasteiger charge is -2.38. The van der Waals surface area contributed by atoms with Crippen LogP contribution in [-0.2, 0) is 14.4 Å². The first kappa shape index (κ1) is 18.2. The number of hydrogen-bond acceptors (Lipinski definition) is 4. The summed E-state index contributed by atoms with van der Waals surface area (Å²) in [6.07, 6.45) is 0. The normalized spacial score (nSPS) is 18.1. The minimum atomic E-state index is -0.447. The van der Waals surface area contributed by atoms with E-state index in [2.05, 4.69) is 30.0 Å². The largest absolute Gasteiger partial charge is 0.368 e. The number of piperazine rings is 2. The van der Waals surface area contributed by atoms with E-state index in [0.29, 0.717) is 39.3 Å². The van der Waals surface area contributed by atoms with Gasteiger partial charge in [-0.3, -0.25) is 14.4 Å². The topological polar surface area (TPSA) is 64.2 Å². The molecular formula is C19H26N4O3. The van der Waals surface area contributed by atoms with E-state index < -0.39 is 11.8 Å². The molecule has 0 spiro atoms. The lowest BCUT2D eigenvalue weighted by atomic mass is 10.2. The van der Waals surface area contributed by atoms with E-state index in [1.165, 1.54) is 12.5 Å². The van der Waals surface area contributed by atoms with Crippen LogP contribution in [-0.4, -0.2) is 84.8 Å². The molecule has 0 N–H and O–H groups in total. The molecule has 3 rings (SSSR count). The van der Waals surface area contributed by atoms with Crippen LogP contribution in [0.4, 0.5) is 5.69 Å². The molecule has 0 unspecified atom stereocenters. The lowest BCUT2D eigenvalue weighted by Crippen LogP contribution is -2.56. The molecule has 1 aromatic carbocycles. The Morgan fingerprint density at radius 3 is 1.77 bits per heavy atom. The molecule has 7 nitrogen and oxygen atoms in total. The Hall–Kier alpha value is -2.57. The Bertz CT molecular complexity index is 690. The van der Waals surface area contributed by atoms with Gasteiger partial charge in [0.15, 0.2) is 0 Å². The average molecular weight is 358 g/mol. The minimum Gasteiger partial charge on any atom is -0.368 e. The predicted molar refractivity (Wildman–Crippen MR) is 98.8 cm³/mol. The number of aryl methyl sites for hydroxylation is 1. The van der Waals surface area contributed by atoms with Crippen LogP contribution in [0.25, 0.3) is 0 Å². The third-order valence-electron chi connectivity index (χ3n) is 5.13. The van der Waals surface area contributed by atoms with Gasteiger partial charge < -0.3 is 19.6 Å². The maximum Gasteiger partial charge on any atom is 0.312 e. The summed E-state index contributed by atoms with van der Waals surface area (Å²) < 4.78 is 0. The highest BCUT2D eigenvalue weighted by molar-refractivity contribution is 6.35. The van der Waals surface area contributed by atoms with Gasteiger partial charge in [0.1, 0.15) is 0 Å². The molecule has 3 amide bonds. The number of carbonyl (C=O) groups is 3. The van der Waals surface area contributed by atoms with E-state index in [-0.39, 0.29) is 5.91 Å². The molecule has 26 heavy (non-hydrogen) atoms. The fourth-order valence-electron chi connectivity index (χ4n) is 3.49. The molecule has 2 aliphatic rings. The van der Waals surface area contributed by atoms with Gasteiger partial charge in [-0.1, -0.05) is 12.1 Å². The molecule has 0 saturated carbocycles. The fourth-order valence-corrected chi connectivity index (χ4v) is 3.49. The van der Waals surface area contributed by atoms with E-state index in [4.69, 9.17) is 0 Å². The standard InChI is InChI=1S/C19H26N4O3/c1-15-4-3-5-17(14-15)21-8-12-23(13-9-21)19(26)18(25)22-10-6-20(7-11-22)16(2)24/h3-5,14H,6-13H2,1-2H3. The molecule has 2 fully saturated rings. The fraction of sp³-hybridized carbons (Fsp3) is 0.526. The van der Waals surface area contributed by atoms with Crippen LogP contribution in [0.1, 0.15) is 12.5 Å². The van der Waals surface area contributed by atoms with E-state index in [1.807, 2.05) is 6.07 Å². The zero-order valence-corrected chi connectivity index (χ0v) is 15.5. The molecule has 0 aromatic heterocycles. The molecule has 0 radical (unpaired) electrons. The van der Waals surface area contributed by atoms with Gasteiger partial charge in [0.05, 0.1) is 0 Å². The first-order valence-electron chi connectivity index (χ1n) is 9.11. The second-order valence-corrected chi connectivity index (χ2v) is 6.92. The number of benzene rings is 1. The van der Waals surface area contributed by atoms with Gasteiger partial charge in [-0.15, -0.1) is 0 Å². The van der Waals surface area contributed by atoms with Crippen LogP contribution < -0.4 is 4.90 Å². The number of amides is 3. The molecule has 7 heteroatoms. The minimum absolute atomic E-state index is 0.00990. The summed E-state index contributed by atoms with van der Waals surface area (Å²) in [6.45, 7) is 7.97. The Morgan fingerprint density at radius 2 is 1.27 bits per heavy atom. The average Bonchev–Trinajstić information content (AvgIpc) is 2.67. The quantitative estimate of drug-likeness (QED) is 0.679. The molecule has 2 aliphatic heterocycles. The maximum absolute atomic E-state index is 12.5. The molecule has 2 heterocycles. The van der Waals surface area contributed by atoms with Gasteiger partial charge in [0.25, 0.3) is 0 Å². The summed E-state index contributed by atoms with van der Waals surface area (Å²) in [7, 11) is 0. The van der Waals surface area contributed by atoms with Crippen LogP contribution >= 0.6 is 0 Å². The van der Waals surface area contributed by atoms with Crippen molar-refractivity contribution in [3.8, 4) is 0 Å². The maximum atomic E-state index is 12.5. The first-order valence-corrected chi connectivity index (χ1v) is 9.11. The summed E-state index contributed by atoms with van der Waals surface area (Å²) in [4.78, 5) is 43.6. The van der Waals surface area contributed by atoms with Crippen molar-refractivity contribution in [3.63, 3.8) is 0 Å². The zero-order chi connectivity index (χ0) is 18.7. The highest BCUT2D eigenvalue weighted by atomic mass is 16.2. The van der Waals surface area contributed by atoms with E-state index >= 15 is 0 Å². The van der Waals surface area contributed by atoms with Crippen molar-refractivity contribution >= 4 is 23.4 Å². The van der Waals surface area contributed by atoms with Crippen LogP contribution in [0.15, 0.2) is 24.3 Å². The van der Waals surface area contributed by atoms with Crippen LogP contribution in [0.3, 0.4) is 0 Å². The van der Waals surface area contributed by atoms with Crippen molar-refractivity contribution in [2.75, 3.05) is 57.3 Å². The molecule has 0 aliphatic carbocycles. The van der Waals surface area contributed by atoms with Crippen molar-refractivity contribution < 1.29 is 14.4 Å². The molecular weight excluding hydrogens is 332 g/mol. The smallest absolute Gasteiger partial charge is 0.312 e.